The zero-order valence-electron chi connectivity index (χ0n) is 13.2. The summed E-state index contributed by atoms with van der Waals surface area (Å²) in [7, 11) is 0. The zero-order chi connectivity index (χ0) is 15.4. The van der Waals surface area contributed by atoms with Crippen molar-refractivity contribution in [1.82, 2.24) is 4.90 Å². The summed E-state index contributed by atoms with van der Waals surface area (Å²) >= 11 is 0. The van der Waals surface area contributed by atoms with E-state index in [0.29, 0.717) is 18.6 Å². The first-order chi connectivity index (χ1) is 10.7. The molecule has 0 bridgehead atoms. The van der Waals surface area contributed by atoms with Gasteiger partial charge in [-0.2, -0.15) is 0 Å². The predicted molar refractivity (Wildman–Crippen MR) is 84.4 cm³/mol. The standard InChI is InChI=1S/C18H25NO3/c1-14(22-13-15-5-3-2-4-6-15)18(20)19(17-7-8-17)11-16-9-10-21-12-16/h2-6,14,16-17H,7-13H2,1H3. The van der Waals surface area contributed by atoms with Crippen LogP contribution in [0.25, 0.3) is 0 Å². The number of ether oxygens (including phenoxy) is 2. The third-order valence-corrected chi connectivity index (χ3v) is 4.44. The van der Waals surface area contributed by atoms with Gasteiger partial charge in [-0.25, -0.2) is 0 Å². The Hall–Kier alpha value is -1.39. The minimum atomic E-state index is -0.386. The Morgan fingerprint density at radius 1 is 1.32 bits per heavy atom. The zero-order valence-corrected chi connectivity index (χ0v) is 13.2. The van der Waals surface area contributed by atoms with Gasteiger partial charge < -0.3 is 14.4 Å². The van der Waals surface area contributed by atoms with Gasteiger partial charge in [0.05, 0.1) is 13.2 Å². The van der Waals surface area contributed by atoms with E-state index in [2.05, 4.69) is 0 Å². The smallest absolute Gasteiger partial charge is 0.251 e. The van der Waals surface area contributed by atoms with Crippen molar-refractivity contribution in [2.45, 2.75) is 44.9 Å². The molecule has 1 aliphatic carbocycles. The topological polar surface area (TPSA) is 38.8 Å². The maximum Gasteiger partial charge on any atom is 0.251 e. The SMILES string of the molecule is CC(OCc1ccccc1)C(=O)N(CC1CCOC1)C1CC1. The van der Waals surface area contributed by atoms with Crippen LogP contribution in [0.1, 0.15) is 31.7 Å². The Morgan fingerprint density at radius 3 is 2.73 bits per heavy atom. The van der Waals surface area contributed by atoms with Gasteiger partial charge in [0.25, 0.3) is 5.91 Å². The molecule has 2 aliphatic rings. The van der Waals surface area contributed by atoms with Crippen LogP contribution in [0.4, 0.5) is 0 Å². The number of hydrogen-bond acceptors (Lipinski definition) is 3. The van der Waals surface area contributed by atoms with Crippen LogP contribution in [-0.4, -0.2) is 42.7 Å². The fourth-order valence-corrected chi connectivity index (χ4v) is 2.91. The second kappa shape index (κ2) is 7.25. The molecule has 1 saturated carbocycles. The van der Waals surface area contributed by atoms with Crippen LogP contribution in [0.2, 0.25) is 0 Å². The summed E-state index contributed by atoms with van der Waals surface area (Å²) in [6.45, 7) is 4.79. The molecule has 120 valence electrons. The summed E-state index contributed by atoms with van der Waals surface area (Å²) in [5, 5.41) is 0. The van der Waals surface area contributed by atoms with Gasteiger partial charge in [0, 0.05) is 25.1 Å². The molecule has 1 heterocycles. The minimum Gasteiger partial charge on any atom is -0.381 e. The van der Waals surface area contributed by atoms with Crippen molar-refractivity contribution in [2.75, 3.05) is 19.8 Å². The molecule has 3 rings (SSSR count). The van der Waals surface area contributed by atoms with Crippen molar-refractivity contribution in [3.8, 4) is 0 Å². The molecule has 4 heteroatoms. The van der Waals surface area contributed by atoms with E-state index in [0.717, 1.165) is 44.6 Å². The first-order valence-corrected chi connectivity index (χ1v) is 8.28. The summed E-state index contributed by atoms with van der Waals surface area (Å²) < 4.78 is 11.2. The van der Waals surface area contributed by atoms with Gasteiger partial charge in [0.2, 0.25) is 0 Å². The summed E-state index contributed by atoms with van der Waals surface area (Å²) in [5.41, 5.74) is 1.10. The fourth-order valence-electron chi connectivity index (χ4n) is 2.91. The fraction of sp³-hybridized carbons (Fsp3) is 0.611. The highest BCUT2D eigenvalue weighted by molar-refractivity contribution is 5.81. The Labute approximate surface area is 132 Å². The van der Waals surface area contributed by atoms with Gasteiger partial charge in [-0.1, -0.05) is 30.3 Å². The Kier molecular flexibility index (Phi) is 5.11. The lowest BCUT2D eigenvalue weighted by Crippen LogP contribution is -2.43. The molecule has 0 N–H and O–H groups in total. The van der Waals surface area contributed by atoms with Gasteiger partial charge >= 0.3 is 0 Å². The summed E-state index contributed by atoms with van der Waals surface area (Å²) in [6.07, 6.45) is 2.94. The Bertz CT molecular complexity index is 480. The van der Waals surface area contributed by atoms with Crippen LogP contribution in [0.5, 0.6) is 0 Å². The minimum absolute atomic E-state index is 0.130. The number of benzene rings is 1. The number of carbonyl (C=O) groups is 1. The molecule has 1 saturated heterocycles. The van der Waals surface area contributed by atoms with Crippen LogP contribution < -0.4 is 0 Å². The maximum atomic E-state index is 12.7. The van der Waals surface area contributed by atoms with E-state index in [-0.39, 0.29) is 12.0 Å². The van der Waals surface area contributed by atoms with Gasteiger partial charge in [0.1, 0.15) is 6.10 Å². The first-order valence-electron chi connectivity index (χ1n) is 8.28. The third kappa shape index (κ3) is 4.08. The lowest BCUT2D eigenvalue weighted by molar-refractivity contribution is -0.144. The molecule has 1 amide bonds. The summed E-state index contributed by atoms with van der Waals surface area (Å²) in [4.78, 5) is 14.7. The largest absolute Gasteiger partial charge is 0.381 e. The number of nitrogens with zero attached hydrogens (tertiary/aromatic N) is 1. The number of carbonyl (C=O) groups excluding carboxylic acids is 1. The van der Waals surface area contributed by atoms with Crippen molar-refractivity contribution in [1.29, 1.82) is 0 Å². The molecule has 0 spiro atoms. The second-order valence-electron chi connectivity index (χ2n) is 6.39. The van der Waals surface area contributed by atoms with Crippen LogP contribution in [0.15, 0.2) is 30.3 Å². The molecule has 2 atom stereocenters. The van der Waals surface area contributed by atoms with Crippen molar-refractivity contribution in [2.24, 2.45) is 5.92 Å². The van der Waals surface area contributed by atoms with Crippen LogP contribution in [0.3, 0.4) is 0 Å². The third-order valence-electron chi connectivity index (χ3n) is 4.44. The molecule has 2 fully saturated rings. The lowest BCUT2D eigenvalue weighted by Gasteiger charge is -2.28. The number of rotatable bonds is 7. The van der Waals surface area contributed by atoms with Crippen molar-refractivity contribution in [3.63, 3.8) is 0 Å². The van der Waals surface area contributed by atoms with E-state index in [1.165, 1.54) is 0 Å². The monoisotopic (exact) mass is 303 g/mol. The molecule has 1 aromatic carbocycles. The van der Waals surface area contributed by atoms with E-state index in [1.807, 2.05) is 42.2 Å². The highest BCUT2D eigenvalue weighted by atomic mass is 16.5. The van der Waals surface area contributed by atoms with Crippen molar-refractivity contribution < 1.29 is 14.3 Å². The first kappa shape index (κ1) is 15.5. The second-order valence-corrected chi connectivity index (χ2v) is 6.39. The number of amides is 1. The molecule has 0 radical (unpaired) electrons. The quantitative estimate of drug-likeness (QED) is 0.777. The Balaban J connectivity index is 1.52. The van der Waals surface area contributed by atoms with Crippen LogP contribution in [0, 0.1) is 5.92 Å². The molecular weight excluding hydrogens is 278 g/mol. The average Bonchev–Trinajstić information content (AvgIpc) is 3.27. The molecular formula is C18H25NO3. The van der Waals surface area contributed by atoms with E-state index in [1.54, 1.807) is 0 Å². The average molecular weight is 303 g/mol. The maximum absolute atomic E-state index is 12.7. The lowest BCUT2D eigenvalue weighted by atomic mass is 10.1. The van der Waals surface area contributed by atoms with Gasteiger partial charge in [-0.3, -0.25) is 4.79 Å². The molecule has 0 aromatic heterocycles. The van der Waals surface area contributed by atoms with E-state index < -0.39 is 0 Å². The summed E-state index contributed by atoms with van der Waals surface area (Å²) in [5.74, 6) is 0.621. The summed E-state index contributed by atoms with van der Waals surface area (Å²) in [6, 6.07) is 10.4. The Morgan fingerprint density at radius 2 is 2.09 bits per heavy atom. The molecule has 4 nitrogen and oxygen atoms in total. The van der Waals surface area contributed by atoms with E-state index in [4.69, 9.17) is 9.47 Å². The highest BCUT2D eigenvalue weighted by Crippen LogP contribution is 2.30. The van der Waals surface area contributed by atoms with Gasteiger partial charge in [0.15, 0.2) is 0 Å². The van der Waals surface area contributed by atoms with E-state index in [9.17, 15) is 4.79 Å². The normalized spacial score (nSPS) is 22.5. The number of hydrogen-bond donors (Lipinski definition) is 0. The predicted octanol–water partition coefficient (Wildman–Crippen LogP) is 2.62. The van der Waals surface area contributed by atoms with Crippen molar-refractivity contribution >= 4 is 5.91 Å². The molecule has 1 aromatic rings. The molecule has 2 unspecified atom stereocenters. The van der Waals surface area contributed by atoms with Crippen LogP contribution >= 0.6 is 0 Å². The van der Waals surface area contributed by atoms with Crippen molar-refractivity contribution in [3.05, 3.63) is 35.9 Å². The van der Waals surface area contributed by atoms with E-state index >= 15 is 0 Å². The van der Waals surface area contributed by atoms with Gasteiger partial charge in [-0.05, 0) is 31.7 Å². The highest BCUT2D eigenvalue weighted by Gasteiger charge is 2.36. The van der Waals surface area contributed by atoms with Gasteiger partial charge in [-0.15, -0.1) is 0 Å². The molecule has 1 aliphatic heterocycles. The van der Waals surface area contributed by atoms with Crippen LogP contribution in [-0.2, 0) is 20.9 Å². The molecule has 22 heavy (non-hydrogen) atoms.